The molecule has 2 aliphatic heterocycles. The maximum atomic E-state index is 12.8. The maximum Gasteiger partial charge on any atom is 0.244 e. The molecule has 1 aromatic rings. The summed E-state index contributed by atoms with van der Waals surface area (Å²) in [5, 5.41) is 3.59. The number of hydrogen-bond donors (Lipinski definition) is 1. The minimum absolute atomic E-state index is 0.0364. The van der Waals surface area contributed by atoms with Crippen LogP contribution in [0.5, 0.6) is 0 Å². The average Bonchev–Trinajstić information content (AvgIpc) is 3.23. The molecule has 1 aromatic carbocycles. The van der Waals surface area contributed by atoms with Crippen LogP contribution >= 0.6 is 0 Å². The van der Waals surface area contributed by atoms with Crippen molar-refractivity contribution in [2.24, 2.45) is 0 Å². The summed E-state index contributed by atoms with van der Waals surface area (Å²) in [4.78, 5) is 14.9. The van der Waals surface area contributed by atoms with Crippen LogP contribution in [0.15, 0.2) is 30.3 Å². The fourth-order valence-electron chi connectivity index (χ4n) is 3.46. The first-order chi connectivity index (χ1) is 9.80. The highest BCUT2D eigenvalue weighted by Crippen LogP contribution is 2.47. The highest BCUT2D eigenvalue weighted by molar-refractivity contribution is 5.92. The predicted molar refractivity (Wildman–Crippen MR) is 75.0 cm³/mol. The van der Waals surface area contributed by atoms with E-state index >= 15 is 0 Å². The minimum atomic E-state index is -0.251. The van der Waals surface area contributed by atoms with Gasteiger partial charge in [0, 0.05) is 19.3 Å². The third-order valence-electron chi connectivity index (χ3n) is 4.78. The molecule has 1 atom stereocenters. The lowest BCUT2D eigenvalue weighted by Crippen LogP contribution is -2.43. The molecule has 1 saturated carbocycles. The fraction of sp³-hybridized carbons (Fsp3) is 0.562. The van der Waals surface area contributed by atoms with Crippen LogP contribution in [0.2, 0.25) is 0 Å². The second-order valence-corrected chi connectivity index (χ2v) is 6.10. The Hall–Kier alpha value is -1.39. The molecule has 1 amide bonds. The quantitative estimate of drug-likeness (QED) is 0.893. The zero-order chi connectivity index (χ0) is 13.6. The molecule has 1 spiro atoms. The van der Waals surface area contributed by atoms with Gasteiger partial charge in [0.1, 0.15) is 11.7 Å². The van der Waals surface area contributed by atoms with Crippen molar-refractivity contribution in [1.29, 1.82) is 0 Å². The number of hydrogen-bond acceptors (Lipinski definition) is 3. The van der Waals surface area contributed by atoms with E-state index in [1.54, 1.807) is 0 Å². The molecule has 4 nitrogen and oxygen atoms in total. The Morgan fingerprint density at radius 1 is 1.15 bits per heavy atom. The molecule has 4 rings (SSSR count). The summed E-state index contributed by atoms with van der Waals surface area (Å²) < 4.78 is 5.44. The Kier molecular flexibility index (Phi) is 2.82. The summed E-state index contributed by atoms with van der Waals surface area (Å²) in [6.45, 7) is 1.53. The van der Waals surface area contributed by atoms with Gasteiger partial charge < -0.3 is 9.64 Å². The van der Waals surface area contributed by atoms with Crippen LogP contribution in [0, 0.1) is 0 Å². The average molecular weight is 272 g/mol. The van der Waals surface area contributed by atoms with Gasteiger partial charge in [-0.3, -0.25) is 10.1 Å². The Labute approximate surface area is 119 Å². The Bertz CT molecular complexity index is 506. The van der Waals surface area contributed by atoms with E-state index in [-0.39, 0.29) is 11.7 Å². The molecule has 2 saturated heterocycles. The Morgan fingerprint density at radius 3 is 2.50 bits per heavy atom. The maximum absolute atomic E-state index is 12.8. The van der Waals surface area contributed by atoms with Crippen molar-refractivity contribution in [1.82, 2.24) is 10.2 Å². The van der Waals surface area contributed by atoms with Crippen molar-refractivity contribution in [2.75, 3.05) is 13.2 Å². The number of ether oxygens (including phenoxy) is 1. The van der Waals surface area contributed by atoms with E-state index in [0.717, 1.165) is 38.9 Å². The summed E-state index contributed by atoms with van der Waals surface area (Å²) in [6.07, 6.45) is 3.90. The van der Waals surface area contributed by atoms with Crippen molar-refractivity contribution < 1.29 is 9.53 Å². The molecule has 4 heteroatoms. The molecule has 2 heterocycles. The van der Waals surface area contributed by atoms with Crippen LogP contribution in [0.1, 0.15) is 37.4 Å². The summed E-state index contributed by atoms with van der Waals surface area (Å²) in [5.74, 6) is 0.304. The van der Waals surface area contributed by atoms with E-state index in [0.29, 0.717) is 11.9 Å². The number of amides is 1. The van der Waals surface area contributed by atoms with Gasteiger partial charge in [-0.2, -0.15) is 0 Å². The summed E-state index contributed by atoms with van der Waals surface area (Å²) in [7, 11) is 0. The first kappa shape index (κ1) is 12.4. The summed E-state index contributed by atoms with van der Waals surface area (Å²) in [5.41, 5.74) is 0.940. The van der Waals surface area contributed by atoms with E-state index in [1.807, 2.05) is 18.2 Å². The number of nitrogens with one attached hydrogen (secondary N) is 1. The van der Waals surface area contributed by atoms with Crippen LogP contribution in [0.4, 0.5) is 0 Å². The normalized spacial score (nSPS) is 29.1. The van der Waals surface area contributed by atoms with E-state index < -0.39 is 0 Å². The van der Waals surface area contributed by atoms with Crippen molar-refractivity contribution in [2.45, 2.75) is 43.4 Å². The molecule has 3 aliphatic rings. The van der Waals surface area contributed by atoms with Crippen LogP contribution in [-0.2, 0) is 9.53 Å². The van der Waals surface area contributed by atoms with E-state index in [9.17, 15) is 4.79 Å². The number of carbonyl (C=O) groups is 1. The molecule has 1 N–H and O–H groups in total. The first-order valence-corrected chi connectivity index (χ1v) is 7.53. The number of nitrogens with zero attached hydrogens (tertiary/aromatic N) is 1. The van der Waals surface area contributed by atoms with E-state index in [4.69, 9.17) is 4.74 Å². The van der Waals surface area contributed by atoms with Gasteiger partial charge in [0.05, 0.1) is 0 Å². The third kappa shape index (κ3) is 1.86. The van der Waals surface area contributed by atoms with Gasteiger partial charge in [0.2, 0.25) is 5.91 Å². The Balaban J connectivity index is 1.66. The Morgan fingerprint density at radius 2 is 1.85 bits per heavy atom. The standard InChI is InChI=1S/C16H20N2O2/c19-15-16(8-9-16)17-14(12-4-2-1-3-5-12)18(15)13-6-10-20-11-7-13/h1-5,13-14,17H,6-11H2. The SMILES string of the molecule is O=C1N(C2CCOCC2)C(c2ccccc2)NC12CC2. The van der Waals surface area contributed by atoms with Gasteiger partial charge in [-0.05, 0) is 31.2 Å². The second kappa shape index (κ2) is 4.57. The van der Waals surface area contributed by atoms with Crippen LogP contribution in [-0.4, -0.2) is 35.6 Å². The van der Waals surface area contributed by atoms with Gasteiger partial charge in [-0.15, -0.1) is 0 Å². The van der Waals surface area contributed by atoms with Crippen molar-refractivity contribution in [3.63, 3.8) is 0 Å². The molecular weight excluding hydrogens is 252 g/mol. The molecule has 0 bridgehead atoms. The number of carbonyl (C=O) groups excluding carboxylic acids is 1. The highest BCUT2D eigenvalue weighted by atomic mass is 16.5. The number of benzene rings is 1. The lowest BCUT2D eigenvalue weighted by Gasteiger charge is -2.35. The van der Waals surface area contributed by atoms with Crippen LogP contribution < -0.4 is 5.32 Å². The predicted octanol–water partition coefficient (Wildman–Crippen LogP) is 1.83. The van der Waals surface area contributed by atoms with E-state index in [1.165, 1.54) is 5.56 Å². The molecule has 1 aliphatic carbocycles. The van der Waals surface area contributed by atoms with Crippen molar-refractivity contribution in [3.8, 4) is 0 Å². The highest BCUT2D eigenvalue weighted by Gasteiger charge is 2.60. The summed E-state index contributed by atoms with van der Waals surface area (Å²) in [6, 6.07) is 10.6. The molecule has 3 fully saturated rings. The smallest absolute Gasteiger partial charge is 0.244 e. The molecular formula is C16H20N2O2. The largest absolute Gasteiger partial charge is 0.381 e. The zero-order valence-electron chi connectivity index (χ0n) is 11.5. The number of rotatable bonds is 2. The van der Waals surface area contributed by atoms with Crippen LogP contribution in [0.3, 0.4) is 0 Å². The van der Waals surface area contributed by atoms with Gasteiger partial charge in [-0.1, -0.05) is 30.3 Å². The van der Waals surface area contributed by atoms with Crippen molar-refractivity contribution in [3.05, 3.63) is 35.9 Å². The molecule has 1 unspecified atom stereocenters. The minimum Gasteiger partial charge on any atom is -0.381 e. The lowest BCUT2D eigenvalue weighted by atomic mass is 10.0. The first-order valence-electron chi connectivity index (χ1n) is 7.53. The molecule has 0 radical (unpaired) electrons. The lowest BCUT2D eigenvalue weighted by molar-refractivity contribution is -0.135. The van der Waals surface area contributed by atoms with Gasteiger partial charge in [0.15, 0.2) is 0 Å². The van der Waals surface area contributed by atoms with Crippen LogP contribution in [0.25, 0.3) is 0 Å². The van der Waals surface area contributed by atoms with Gasteiger partial charge >= 0.3 is 0 Å². The monoisotopic (exact) mass is 272 g/mol. The second-order valence-electron chi connectivity index (χ2n) is 6.10. The molecule has 106 valence electrons. The molecule has 0 aromatic heterocycles. The third-order valence-corrected chi connectivity index (χ3v) is 4.78. The zero-order valence-corrected chi connectivity index (χ0v) is 11.5. The van der Waals surface area contributed by atoms with Gasteiger partial charge in [0.25, 0.3) is 0 Å². The topological polar surface area (TPSA) is 41.6 Å². The van der Waals surface area contributed by atoms with Crippen molar-refractivity contribution >= 4 is 5.91 Å². The molecule has 20 heavy (non-hydrogen) atoms. The summed E-state index contributed by atoms with van der Waals surface area (Å²) >= 11 is 0. The van der Waals surface area contributed by atoms with Gasteiger partial charge in [-0.25, -0.2) is 0 Å². The fourth-order valence-corrected chi connectivity index (χ4v) is 3.46. The van der Waals surface area contributed by atoms with E-state index in [2.05, 4.69) is 22.3 Å².